The average Bonchev–Trinajstić information content (AvgIpc) is 3.33. The van der Waals surface area contributed by atoms with Gasteiger partial charge in [-0.2, -0.15) is 0 Å². The first-order chi connectivity index (χ1) is 16.8. The fraction of sp³-hybridized carbons (Fsp3) is 0.222. The lowest BCUT2D eigenvalue weighted by molar-refractivity contribution is -0.130. The van der Waals surface area contributed by atoms with E-state index >= 15 is 0 Å². The Hall–Kier alpha value is -3.91. The van der Waals surface area contributed by atoms with Crippen molar-refractivity contribution in [1.29, 1.82) is 0 Å². The number of hydrogen-bond donors (Lipinski definition) is 1. The molecule has 35 heavy (non-hydrogen) atoms. The zero-order valence-corrected chi connectivity index (χ0v) is 20.6. The Bertz CT molecular complexity index is 1310. The summed E-state index contributed by atoms with van der Waals surface area (Å²) in [5, 5.41) is 11.7. The second-order valence-electron chi connectivity index (χ2n) is 8.07. The monoisotopic (exact) mass is 490 g/mol. The topological polar surface area (TPSA) is 89.0 Å². The normalized spacial score (nSPS) is 15.5. The minimum absolute atomic E-state index is 0.0273. The molecule has 2 aromatic carbocycles. The number of carbonyl (C=O) groups is 2. The summed E-state index contributed by atoms with van der Waals surface area (Å²) in [4.78, 5) is 33.2. The Morgan fingerprint density at radius 2 is 1.94 bits per heavy atom. The molecule has 0 aliphatic carbocycles. The van der Waals surface area contributed by atoms with Crippen LogP contribution in [0.15, 0.2) is 72.5 Å². The first-order valence-corrected chi connectivity index (χ1v) is 11.9. The maximum atomic E-state index is 13.7. The van der Waals surface area contributed by atoms with E-state index in [-0.39, 0.29) is 12.1 Å². The Balaban J connectivity index is 1.83. The van der Waals surface area contributed by atoms with Gasteiger partial charge in [-0.1, -0.05) is 49.1 Å². The molecule has 0 radical (unpaired) electrons. The summed E-state index contributed by atoms with van der Waals surface area (Å²) in [7, 11) is 1.52. The molecule has 8 heteroatoms. The van der Waals surface area contributed by atoms with Crippen molar-refractivity contribution in [3.05, 3.63) is 99.2 Å². The van der Waals surface area contributed by atoms with E-state index in [1.165, 1.54) is 23.3 Å². The first kappa shape index (κ1) is 24.2. The third-order valence-electron chi connectivity index (χ3n) is 5.71. The summed E-state index contributed by atoms with van der Waals surface area (Å²) in [5.74, 6) is -0.616. The number of aliphatic hydroxyl groups excluding tert-OH is 1. The molecule has 1 aliphatic rings. The lowest BCUT2D eigenvalue weighted by Gasteiger charge is -2.27. The quantitative estimate of drug-likeness (QED) is 0.331. The molecule has 1 aromatic heterocycles. The lowest BCUT2D eigenvalue weighted by Crippen LogP contribution is -2.30. The van der Waals surface area contributed by atoms with Crippen LogP contribution in [0.1, 0.15) is 37.5 Å². The van der Waals surface area contributed by atoms with Gasteiger partial charge in [0.15, 0.2) is 17.3 Å². The van der Waals surface area contributed by atoms with Gasteiger partial charge in [-0.05, 0) is 37.1 Å². The van der Waals surface area contributed by atoms with E-state index in [1.54, 1.807) is 31.2 Å². The molecule has 0 saturated heterocycles. The third kappa shape index (κ3) is 4.70. The molecule has 1 atom stereocenters. The minimum atomic E-state index is -0.820. The molecule has 1 aliphatic heterocycles. The van der Waals surface area contributed by atoms with Gasteiger partial charge in [0.2, 0.25) is 5.78 Å². The van der Waals surface area contributed by atoms with Crippen LogP contribution in [0.2, 0.25) is 0 Å². The fourth-order valence-corrected chi connectivity index (χ4v) is 5.04. The number of amides is 1. The molecule has 1 N–H and O–H groups in total. The number of ketones is 1. The maximum Gasteiger partial charge on any atom is 0.290 e. The van der Waals surface area contributed by atoms with Gasteiger partial charge in [-0.3, -0.25) is 9.59 Å². The van der Waals surface area contributed by atoms with Crippen LogP contribution in [0.5, 0.6) is 11.5 Å². The van der Waals surface area contributed by atoms with Crippen molar-refractivity contribution in [2.75, 3.05) is 13.7 Å². The van der Waals surface area contributed by atoms with Gasteiger partial charge in [0.1, 0.15) is 6.61 Å². The van der Waals surface area contributed by atoms with Gasteiger partial charge < -0.3 is 19.5 Å². The number of benzene rings is 2. The number of aliphatic hydroxyl groups is 1. The zero-order chi connectivity index (χ0) is 25.1. The standard InChI is InChI=1S/C27H26N2O5S/c1-5-13-34-20-12-11-19(14-21(20)33-4)23-22(24(30)26-16(2)28-17(3)35-26)25(31)27(32)29(23)15-18-9-7-6-8-10-18/h5-12,14,23,31H,1,13,15H2,2-4H3. The summed E-state index contributed by atoms with van der Waals surface area (Å²) in [6.07, 6.45) is 1.63. The average molecular weight is 491 g/mol. The SMILES string of the molecule is C=CCOc1ccc(C2C(C(=O)c3sc(C)nc3C)=C(O)C(=O)N2Cc2ccccc2)cc1OC. The summed E-state index contributed by atoms with van der Waals surface area (Å²) in [6, 6.07) is 13.8. The highest BCUT2D eigenvalue weighted by atomic mass is 32.1. The summed E-state index contributed by atoms with van der Waals surface area (Å²) in [6.45, 7) is 7.73. The van der Waals surface area contributed by atoms with Crippen LogP contribution in [0.25, 0.3) is 0 Å². The molecule has 180 valence electrons. The van der Waals surface area contributed by atoms with Gasteiger partial charge in [-0.25, -0.2) is 4.98 Å². The highest BCUT2D eigenvalue weighted by molar-refractivity contribution is 7.14. The molecule has 2 heterocycles. The summed E-state index contributed by atoms with van der Waals surface area (Å²) in [5.41, 5.74) is 2.08. The molecule has 0 fully saturated rings. The van der Waals surface area contributed by atoms with Gasteiger partial charge in [0.25, 0.3) is 5.91 Å². The van der Waals surface area contributed by atoms with E-state index in [9.17, 15) is 14.7 Å². The molecule has 3 aromatic rings. The highest BCUT2D eigenvalue weighted by Gasteiger charge is 2.44. The number of carbonyl (C=O) groups excluding carboxylic acids is 2. The molecule has 1 amide bonds. The summed E-state index contributed by atoms with van der Waals surface area (Å²) < 4.78 is 11.2. The number of ether oxygens (including phenoxy) is 2. The number of rotatable bonds is 9. The van der Waals surface area contributed by atoms with E-state index in [4.69, 9.17) is 9.47 Å². The molecule has 1 unspecified atom stereocenters. The van der Waals surface area contributed by atoms with Gasteiger partial charge in [0, 0.05) is 6.54 Å². The number of nitrogens with zero attached hydrogens (tertiary/aromatic N) is 2. The smallest absolute Gasteiger partial charge is 0.290 e. The van der Waals surface area contributed by atoms with Crippen molar-refractivity contribution in [2.45, 2.75) is 26.4 Å². The number of thiazole rings is 1. The summed E-state index contributed by atoms with van der Waals surface area (Å²) >= 11 is 1.24. The van der Waals surface area contributed by atoms with Crippen LogP contribution < -0.4 is 9.47 Å². The predicted octanol–water partition coefficient (Wildman–Crippen LogP) is 5.11. The Morgan fingerprint density at radius 3 is 2.57 bits per heavy atom. The van der Waals surface area contributed by atoms with Gasteiger partial charge in [-0.15, -0.1) is 11.3 Å². The van der Waals surface area contributed by atoms with Crippen molar-refractivity contribution in [1.82, 2.24) is 9.88 Å². The maximum absolute atomic E-state index is 13.7. The van der Waals surface area contributed by atoms with E-state index in [2.05, 4.69) is 11.6 Å². The van der Waals surface area contributed by atoms with Crippen LogP contribution in [0.3, 0.4) is 0 Å². The molecule has 0 bridgehead atoms. The number of methoxy groups -OCH3 is 1. The van der Waals surface area contributed by atoms with Crippen molar-refractivity contribution in [3.63, 3.8) is 0 Å². The molecule has 7 nitrogen and oxygen atoms in total. The first-order valence-electron chi connectivity index (χ1n) is 11.0. The Labute approximate surface area is 208 Å². The van der Waals surface area contributed by atoms with Crippen LogP contribution in [-0.2, 0) is 11.3 Å². The van der Waals surface area contributed by atoms with E-state index in [0.717, 1.165) is 10.6 Å². The largest absolute Gasteiger partial charge is 0.503 e. The van der Waals surface area contributed by atoms with Crippen molar-refractivity contribution < 1.29 is 24.2 Å². The highest BCUT2D eigenvalue weighted by Crippen LogP contribution is 2.43. The van der Waals surface area contributed by atoms with E-state index in [1.807, 2.05) is 37.3 Å². The number of hydrogen-bond acceptors (Lipinski definition) is 7. The Kier molecular flexibility index (Phi) is 7.02. The van der Waals surface area contributed by atoms with Gasteiger partial charge >= 0.3 is 0 Å². The number of Topliss-reactive ketones (excluding diaryl/α,β-unsaturated/α-hetero) is 1. The zero-order valence-electron chi connectivity index (χ0n) is 19.8. The van der Waals surface area contributed by atoms with Crippen LogP contribution in [0.4, 0.5) is 0 Å². The van der Waals surface area contributed by atoms with Crippen LogP contribution >= 0.6 is 11.3 Å². The van der Waals surface area contributed by atoms with Crippen molar-refractivity contribution in [3.8, 4) is 11.5 Å². The van der Waals surface area contributed by atoms with E-state index < -0.39 is 23.5 Å². The third-order valence-corrected chi connectivity index (χ3v) is 6.79. The fourth-order valence-electron chi connectivity index (χ4n) is 4.16. The Morgan fingerprint density at radius 1 is 1.20 bits per heavy atom. The lowest BCUT2D eigenvalue weighted by atomic mass is 9.94. The molecular formula is C27H26N2O5S. The van der Waals surface area contributed by atoms with Crippen LogP contribution in [0, 0.1) is 13.8 Å². The predicted molar refractivity (Wildman–Crippen MR) is 134 cm³/mol. The molecule has 0 saturated carbocycles. The molecular weight excluding hydrogens is 464 g/mol. The minimum Gasteiger partial charge on any atom is -0.503 e. The molecule has 4 rings (SSSR count). The van der Waals surface area contributed by atoms with Crippen LogP contribution in [-0.4, -0.2) is 40.4 Å². The second kappa shape index (κ2) is 10.1. The van der Waals surface area contributed by atoms with Crippen molar-refractivity contribution >= 4 is 23.0 Å². The number of aryl methyl sites for hydroxylation is 2. The second-order valence-corrected chi connectivity index (χ2v) is 9.27. The molecule has 0 spiro atoms. The van der Waals surface area contributed by atoms with Gasteiger partial charge in [0.05, 0.1) is 34.3 Å². The van der Waals surface area contributed by atoms with Crippen molar-refractivity contribution in [2.24, 2.45) is 0 Å². The number of aromatic nitrogens is 1. The van der Waals surface area contributed by atoms with E-state index in [0.29, 0.717) is 34.2 Å².